The summed E-state index contributed by atoms with van der Waals surface area (Å²) in [5.41, 5.74) is 1.21. The SMILES string of the molecule is COc1ccc(C2=COCN2F)cc1. The molecule has 1 aliphatic rings. The average Bonchev–Trinajstić information content (AvgIpc) is 2.65. The molecule has 0 saturated heterocycles. The van der Waals surface area contributed by atoms with E-state index in [2.05, 4.69) is 0 Å². The number of ether oxygens (including phenoxy) is 2. The fourth-order valence-electron chi connectivity index (χ4n) is 1.28. The number of hydrogen-bond donors (Lipinski definition) is 0. The lowest BCUT2D eigenvalue weighted by molar-refractivity contribution is 0.0301. The van der Waals surface area contributed by atoms with E-state index in [9.17, 15) is 4.48 Å². The molecule has 1 aromatic rings. The van der Waals surface area contributed by atoms with Crippen molar-refractivity contribution in [2.24, 2.45) is 0 Å². The van der Waals surface area contributed by atoms with Crippen LogP contribution in [-0.2, 0) is 4.74 Å². The first-order valence-electron chi connectivity index (χ1n) is 4.21. The van der Waals surface area contributed by atoms with E-state index < -0.39 is 0 Å². The molecule has 4 heteroatoms. The molecule has 74 valence electrons. The van der Waals surface area contributed by atoms with E-state index >= 15 is 0 Å². The summed E-state index contributed by atoms with van der Waals surface area (Å²) >= 11 is 0. The van der Waals surface area contributed by atoms with Crippen molar-refractivity contribution in [3.63, 3.8) is 0 Å². The summed E-state index contributed by atoms with van der Waals surface area (Å²) in [6.45, 7) is -0.0403. The topological polar surface area (TPSA) is 21.7 Å². The van der Waals surface area contributed by atoms with Crippen LogP contribution in [0.3, 0.4) is 0 Å². The predicted molar refractivity (Wildman–Crippen MR) is 49.9 cm³/mol. The van der Waals surface area contributed by atoms with Gasteiger partial charge in [0, 0.05) is 5.56 Å². The minimum absolute atomic E-state index is 0.0403. The highest BCUT2D eigenvalue weighted by Gasteiger charge is 2.17. The molecule has 0 spiro atoms. The smallest absolute Gasteiger partial charge is 0.189 e. The number of halogens is 1. The first-order chi connectivity index (χ1) is 6.81. The van der Waals surface area contributed by atoms with Crippen LogP contribution in [0.4, 0.5) is 4.48 Å². The summed E-state index contributed by atoms with van der Waals surface area (Å²) in [5, 5.41) is 0.557. The van der Waals surface area contributed by atoms with Gasteiger partial charge in [0.15, 0.2) is 6.73 Å². The number of hydrogen-bond acceptors (Lipinski definition) is 3. The highest BCUT2D eigenvalue weighted by Crippen LogP contribution is 2.25. The molecule has 0 aromatic heterocycles. The van der Waals surface area contributed by atoms with Gasteiger partial charge in [-0.15, -0.1) is 0 Å². The fourth-order valence-corrected chi connectivity index (χ4v) is 1.28. The molecular weight excluding hydrogens is 185 g/mol. The summed E-state index contributed by atoms with van der Waals surface area (Å²) in [5.74, 6) is 0.749. The quantitative estimate of drug-likeness (QED) is 0.675. The van der Waals surface area contributed by atoms with Gasteiger partial charge in [-0.3, -0.25) is 0 Å². The summed E-state index contributed by atoms with van der Waals surface area (Å²) in [6, 6.07) is 7.13. The molecule has 0 unspecified atom stereocenters. The number of methoxy groups -OCH3 is 1. The Morgan fingerprint density at radius 2 is 2.07 bits per heavy atom. The Kier molecular flexibility index (Phi) is 2.26. The molecule has 1 aliphatic heterocycles. The maximum Gasteiger partial charge on any atom is 0.189 e. The van der Waals surface area contributed by atoms with E-state index in [1.807, 2.05) is 0 Å². The number of rotatable bonds is 2. The average molecular weight is 195 g/mol. The highest BCUT2D eigenvalue weighted by molar-refractivity contribution is 5.63. The normalized spacial score (nSPS) is 15.0. The van der Waals surface area contributed by atoms with Gasteiger partial charge in [0.25, 0.3) is 0 Å². The molecule has 0 radical (unpaired) electrons. The third-order valence-electron chi connectivity index (χ3n) is 2.03. The Bertz CT molecular complexity index is 348. The van der Waals surface area contributed by atoms with Crippen LogP contribution in [0.15, 0.2) is 30.5 Å². The molecule has 0 aliphatic carbocycles. The van der Waals surface area contributed by atoms with Gasteiger partial charge >= 0.3 is 0 Å². The van der Waals surface area contributed by atoms with Crippen LogP contribution in [-0.4, -0.2) is 19.0 Å². The Labute approximate surface area is 81.3 Å². The van der Waals surface area contributed by atoms with E-state index in [0.29, 0.717) is 10.8 Å². The van der Waals surface area contributed by atoms with E-state index in [4.69, 9.17) is 9.47 Å². The van der Waals surface area contributed by atoms with Crippen LogP contribution in [0.5, 0.6) is 5.75 Å². The van der Waals surface area contributed by atoms with Crippen molar-refractivity contribution < 1.29 is 14.0 Å². The van der Waals surface area contributed by atoms with Crippen molar-refractivity contribution in [1.29, 1.82) is 0 Å². The predicted octanol–water partition coefficient (Wildman–Crippen LogP) is 2.17. The lowest BCUT2D eigenvalue weighted by atomic mass is 10.1. The minimum Gasteiger partial charge on any atom is -0.497 e. The first-order valence-corrected chi connectivity index (χ1v) is 4.21. The zero-order valence-corrected chi connectivity index (χ0v) is 7.74. The minimum atomic E-state index is -0.0403. The number of nitrogens with zero attached hydrogens (tertiary/aromatic N) is 1. The van der Waals surface area contributed by atoms with Crippen molar-refractivity contribution >= 4 is 5.70 Å². The second-order valence-corrected chi connectivity index (χ2v) is 2.89. The zero-order valence-electron chi connectivity index (χ0n) is 7.74. The van der Waals surface area contributed by atoms with Gasteiger partial charge in [-0.25, -0.2) is 0 Å². The Morgan fingerprint density at radius 1 is 1.36 bits per heavy atom. The fraction of sp³-hybridized carbons (Fsp3) is 0.200. The maximum absolute atomic E-state index is 13.1. The molecule has 0 atom stereocenters. The summed E-state index contributed by atoms with van der Waals surface area (Å²) in [4.78, 5) is 0. The molecule has 0 N–H and O–H groups in total. The Hall–Kier alpha value is -1.71. The molecule has 0 fully saturated rings. The van der Waals surface area contributed by atoms with Gasteiger partial charge in [-0.1, -0.05) is 4.48 Å². The molecular formula is C10H10FNO2. The second kappa shape index (κ2) is 3.57. The van der Waals surface area contributed by atoms with Crippen LogP contribution >= 0.6 is 0 Å². The van der Waals surface area contributed by atoms with Crippen LogP contribution < -0.4 is 4.74 Å². The summed E-state index contributed by atoms with van der Waals surface area (Å²) in [6.07, 6.45) is 1.40. The summed E-state index contributed by atoms with van der Waals surface area (Å²) in [7, 11) is 1.59. The lowest BCUT2D eigenvalue weighted by Gasteiger charge is -2.08. The summed E-state index contributed by atoms with van der Waals surface area (Å²) < 4.78 is 22.9. The molecule has 3 nitrogen and oxygen atoms in total. The largest absolute Gasteiger partial charge is 0.497 e. The van der Waals surface area contributed by atoms with Crippen LogP contribution in [0.1, 0.15) is 5.56 Å². The third-order valence-corrected chi connectivity index (χ3v) is 2.03. The maximum atomic E-state index is 13.1. The molecule has 14 heavy (non-hydrogen) atoms. The van der Waals surface area contributed by atoms with Crippen molar-refractivity contribution in [2.75, 3.05) is 13.8 Å². The molecule has 0 bridgehead atoms. The zero-order chi connectivity index (χ0) is 9.97. The second-order valence-electron chi connectivity index (χ2n) is 2.89. The standard InChI is InChI=1S/C10H10FNO2/c1-13-9-4-2-8(3-5-9)10-6-14-7-12(10)11/h2-6H,7H2,1H3. The van der Waals surface area contributed by atoms with Gasteiger partial charge in [-0.05, 0) is 24.3 Å². The van der Waals surface area contributed by atoms with Gasteiger partial charge in [0.2, 0.25) is 0 Å². The molecule has 1 heterocycles. The highest BCUT2D eigenvalue weighted by atomic mass is 19.2. The lowest BCUT2D eigenvalue weighted by Crippen LogP contribution is -2.07. The van der Waals surface area contributed by atoms with Crippen molar-refractivity contribution in [1.82, 2.24) is 5.12 Å². The van der Waals surface area contributed by atoms with E-state index in [0.717, 1.165) is 11.3 Å². The van der Waals surface area contributed by atoms with E-state index in [-0.39, 0.29) is 6.73 Å². The Morgan fingerprint density at radius 3 is 2.57 bits per heavy atom. The molecule has 0 saturated carbocycles. The molecule has 0 amide bonds. The van der Waals surface area contributed by atoms with Gasteiger partial charge in [0.1, 0.15) is 17.7 Å². The molecule has 1 aromatic carbocycles. The molecule has 2 rings (SSSR count). The van der Waals surface area contributed by atoms with Crippen molar-refractivity contribution in [3.8, 4) is 5.75 Å². The Balaban J connectivity index is 2.24. The van der Waals surface area contributed by atoms with Crippen LogP contribution in [0.2, 0.25) is 0 Å². The van der Waals surface area contributed by atoms with Gasteiger partial charge < -0.3 is 9.47 Å². The third kappa shape index (κ3) is 1.51. The van der Waals surface area contributed by atoms with Gasteiger partial charge in [0.05, 0.1) is 7.11 Å². The monoisotopic (exact) mass is 195 g/mol. The van der Waals surface area contributed by atoms with Crippen LogP contribution in [0.25, 0.3) is 5.70 Å². The van der Waals surface area contributed by atoms with Gasteiger partial charge in [-0.2, -0.15) is 5.12 Å². The first kappa shape index (κ1) is 8.87. The van der Waals surface area contributed by atoms with Crippen LogP contribution in [0, 0.1) is 0 Å². The van der Waals surface area contributed by atoms with E-state index in [1.165, 1.54) is 6.26 Å². The van der Waals surface area contributed by atoms with Crippen molar-refractivity contribution in [2.45, 2.75) is 0 Å². The number of benzene rings is 1. The van der Waals surface area contributed by atoms with E-state index in [1.54, 1.807) is 31.4 Å². The van der Waals surface area contributed by atoms with Crippen molar-refractivity contribution in [3.05, 3.63) is 36.1 Å².